The molecule has 128 valence electrons. The molecule has 0 radical (unpaired) electrons. The van der Waals surface area contributed by atoms with Crippen molar-refractivity contribution in [2.45, 2.75) is 70.8 Å². The third-order valence-electron chi connectivity index (χ3n) is 4.77. The van der Waals surface area contributed by atoms with Gasteiger partial charge in [0.05, 0.1) is 11.2 Å². The monoisotopic (exact) mass is 334 g/mol. The van der Waals surface area contributed by atoms with E-state index in [2.05, 4.69) is 77.7 Å². The van der Waals surface area contributed by atoms with Crippen molar-refractivity contribution >= 4 is 15.4 Å². The van der Waals surface area contributed by atoms with Crippen LogP contribution in [0.15, 0.2) is 30.3 Å². The maximum Gasteiger partial charge on any atom is 0.458 e. The highest BCUT2D eigenvalue weighted by Crippen LogP contribution is 2.39. The van der Waals surface area contributed by atoms with Crippen molar-refractivity contribution in [2.24, 2.45) is 0 Å². The third-order valence-corrected chi connectivity index (χ3v) is 5.80. The molecule has 1 fully saturated rings. The Hall–Kier alpha value is -0.618. The van der Waals surface area contributed by atoms with Crippen LogP contribution in [-0.2, 0) is 13.7 Å². The van der Waals surface area contributed by atoms with E-state index in [-0.39, 0.29) is 24.2 Å². The van der Waals surface area contributed by atoms with Crippen LogP contribution in [0, 0.1) is 0 Å². The van der Waals surface area contributed by atoms with E-state index < -0.39 is 8.32 Å². The molecular formula is C18H31BO3Si. The van der Waals surface area contributed by atoms with Crippen molar-refractivity contribution in [3.8, 4) is 0 Å². The molecule has 1 aliphatic rings. The molecule has 5 heteroatoms. The predicted octanol–water partition coefficient (Wildman–Crippen LogP) is 4.71. The zero-order valence-corrected chi connectivity index (χ0v) is 16.7. The Bertz CT molecular complexity index is 495. The van der Waals surface area contributed by atoms with E-state index in [1.54, 1.807) is 0 Å². The van der Waals surface area contributed by atoms with Crippen molar-refractivity contribution in [1.82, 2.24) is 0 Å². The van der Waals surface area contributed by atoms with E-state index >= 15 is 0 Å². The molecule has 1 heterocycles. The predicted molar refractivity (Wildman–Crippen MR) is 99.4 cm³/mol. The Kier molecular flexibility index (Phi) is 5.46. The molecule has 2 rings (SSSR count). The minimum atomic E-state index is -1.55. The molecular weight excluding hydrogens is 303 g/mol. The normalized spacial score (nSPS) is 21.4. The highest BCUT2D eigenvalue weighted by Gasteiger charge is 2.51. The van der Waals surface area contributed by atoms with Gasteiger partial charge in [-0.25, -0.2) is 0 Å². The number of benzene rings is 1. The summed E-state index contributed by atoms with van der Waals surface area (Å²) in [5.74, 6) is 0.289. The highest BCUT2D eigenvalue weighted by atomic mass is 28.4. The van der Waals surface area contributed by atoms with Crippen LogP contribution in [0.5, 0.6) is 0 Å². The third kappa shape index (κ3) is 4.93. The van der Waals surface area contributed by atoms with Crippen LogP contribution in [0.3, 0.4) is 0 Å². The van der Waals surface area contributed by atoms with Crippen molar-refractivity contribution in [2.75, 3.05) is 6.61 Å². The van der Waals surface area contributed by atoms with Crippen LogP contribution in [0.1, 0.15) is 39.2 Å². The quantitative estimate of drug-likeness (QED) is 0.705. The first-order chi connectivity index (χ1) is 10.5. The number of rotatable bonds is 6. The lowest BCUT2D eigenvalue weighted by atomic mass is 9.75. The lowest BCUT2D eigenvalue weighted by Crippen LogP contribution is -2.41. The first-order valence-corrected chi connectivity index (χ1v) is 12.0. The molecule has 0 spiro atoms. The molecule has 1 atom stereocenters. The summed E-state index contributed by atoms with van der Waals surface area (Å²) >= 11 is 0. The van der Waals surface area contributed by atoms with E-state index in [1.807, 2.05) is 0 Å². The smallest absolute Gasteiger partial charge is 0.417 e. The van der Waals surface area contributed by atoms with Gasteiger partial charge in [0.2, 0.25) is 0 Å². The average Bonchev–Trinajstić information content (AvgIpc) is 2.62. The largest absolute Gasteiger partial charge is 0.458 e. The van der Waals surface area contributed by atoms with Crippen LogP contribution in [-0.4, -0.2) is 33.2 Å². The fraction of sp³-hybridized carbons (Fsp3) is 0.667. The van der Waals surface area contributed by atoms with Crippen LogP contribution in [0.25, 0.3) is 0 Å². The van der Waals surface area contributed by atoms with E-state index in [1.165, 1.54) is 5.56 Å². The molecule has 1 aromatic carbocycles. The van der Waals surface area contributed by atoms with Gasteiger partial charge in [-0.2, -0.15) is 0 Å². The molecule has 3 nitrogen and oxygen atoms in total. The van der Waals surface area contributed by atoms with Crippen molar-refractivity contribution in [1.29, 1.82) is 0 Å². The van der Waals surface area contributed by atoms with Crippen molar-refractivity contribution < 1.29 is 13.7 Å². The van der Waals surface area contributed by atoms with Gasteiger partial charge >= 0.3 is 7.12 Å². The summed E-state index contributed by atoms with van der Waals surface area (Å²) < 4.78 is 18.6. The van der Waals surface area contributed by atoms with Crippen LogP contribution >= 0.6 is 0 Å². The van der Waals surface area contributed by atoms with Gasteiger partial charge in [0.25, 0.3) is 0 Å². The van der Waals surface area contributed by atoms with E-state index in [0.29, 0.717) is 0 Å². The lowest BCUT2D eigenvalue weighted by Gasteiger charge is -2.32. The second-order valence-electron chi connectivity index (χ2n) is 8.45. The molecule has 1 saturated heterocycles. The maximum absolute atomic E-state index is 6.19. The average molecular weight is 334 g/mol. The second-order valence-corrected chi connectivity index (χ2v) is 13.0. The molecule has 0 N–H and O–H groups in total. The Morgan fingerprint density at radius 2 is 1.52 bits per heavy atom. The summed E-state index contributed by atoms with van der Waals surface area (Å²) in [7, 11) is -1.73. The van der Waals surface area contributed by atoms with E-state index in [9.17, 15) is 0 Å². The molecule has 0 unspecified atom stereocenters. The first-order valence-electron chi connectivity index (χ1n) is 8.55. The fourth-order valence-corrected chi connectivity index (χ4v) is 3.37. The van der Waals surface area contributed by atoms with Crippen LogP contribution in [0.4, 0.5) is 0 Å². The highest BCUT2D eigenvalue weighted by molar-refractivity contribution is 6.69. The summed E-state index contributed by atoms with van der Waals surface area (Å²) in [5.41, 5.74) is 0.734. The fourth-order valence-electron chi connectivity index (χ4n) is 2.67. The summed E-state index contributed by atoms with van der Waals surface area (Å²) in [6, 6.07) is 10.6. The molecule has 0 amide bonds. The Balaban J connectivity index is 2.10. The minimum Gasteiger partial charge on any atom is -0.417 e. The maximum atomic E-state index is 6.19. The van der Waals surface area contributed by atoms with E-state index in [0.717, 1.165) is 12.9 Å². The summed E-state index contributed by atoms with van der Waals surface area (Å²) in [6.45, 7) is 15.8. The molecule has 1 aliphatic heterocycles. The first kappa shape index (κ1) is 18.7. The Morgan fingerprint density at radius 3 is 2.00 bits per heavy atom. The SMILES string of the molecule is CC1(C)OB(C[C@@H](CO[Si](C)(C)C)c2ccccc2)OC1(C)C. The summed E-state index contributed by atoms with van der Waals surface area (Å²) in [4.78, 5) is 0. The minimum absolute atomic E-state index is 0.185. The molecule has 1 aromatic rings. The summed E-state index contributed by atoms with van der Waals surface area (Å²) in [6.07, 6.45) is 0.821. The van der Waals surface area contributed by atoms with Crippen LogP contribution in [0.2, 0.25) is 26.0 Å². The molecule has 23 heavy (non-hydrogen) atoms. The molecule has 0 aromatic heterocycles. The van der Waals surface area contributed by atoms with Gasteiger partial charge in [-0.1, -0.05) is 30.3 Å². The second kappa shape index (κ2) is 6.71. The van der Waals surface area contributed by atoms with Gasteiger partial charge in [0.15, 0.2) is 8.32 Å². The standard InChI is InChI=1S/C18H31BO3Si/c1-17(2)18(3,4)22-19(21-17)13-16(14-20-23(5,6)7)15-11-9-8-10-12-15/h8-12,16H,13-14H2,1-7H3/t16-/m0/s1. The van der Waals surface area contributed by atoms with Gasteiger partial charge in [-0.15, -0.1) is 0 Å². The topological polar surface area (TPSA) is 27.7 Å². The lowest BCUT2D eigenvalue weighted by molar-refractivity contribution is 0.00578. The van der Waals surface area contributed by atoms with Crippen LogP contribution < -0.4 is 0 Å². The van der Waals surface area contributed by atoms with Crippen molar-refractivity contribution in [3.05, 3.63) is 35.9 Å². The van der Waals surface area contributed by atoms with Gasteiger partial charge < -0.3 is 13.7 Å². The van der Waals surface area contributed by atoms with Gasteiger partial charge in [-0.3, -0.25) is 0 Å². The zero-order valence-electron chi connectivity index (χ0n) is 15.7. The Labute approximate surface area is 143 Å². The summed E-state index contributed by atoms with van der Waals surface area (Å²) in [5, 5.41) is 0. The molecule has 0 aliphatic carbocycles. The zero-order chi connectivity index (χ0) is 17.3. The number of hydrogen-bond donors (Lipinski definition) is 0. The van der Waals surface area contributed by atoms with Gasteiger partial charge in [-0.05, 0) is 59.2 Å². The Morgan fingerprint density at radius 1 is 1.00 bits per heavy atom. The van der Waals surface area contributed by atoms with E-state index in [4.69, 9.17) is 13.7 Å². The number of hydrogen-bond acceptors (Lipinski definition) is 3. The van der Waals surface area contributed by atoms with Gasteiger partial charge in [0.1, 0.15) is 0 Å². The van der Waals surface area contributed by atoms with Gasteiger partial charge in [0, 0.05) is 12.5 Å². The van der Waals surface area contributed by atoms with Crippen molar-refractivity contribution in [3.63, 3.8) is 0 Å². The molecule has 0 saturated carbocycles. The molecule has 0 bridgehead atoms.